The first-order chi connectivity index (χ1) is 18.2. The van der Waals surface area contributed by atoms with Crippen molar-refractivity contribution in [3.8, 4) is 5.88 Å². The van der Waals surface area contributed by atoms with Crippen LogP contribution in [-0.4, -0.2) is 63.4 Å². The van der Waals surface area contributed by atoms with Crippen molar-refractivity contribution in [2.45, 2.75) is 103 Å². The molecule has 5 rings (SSSR count). The van der Waals surface area contributed by atoms with E-state index in [1.807, 2.05) is 20.8 Å². The zero-order chi connectivity index (χ0) is 26.9. The molecule has 1 amide bonds. The Balaban J connectivity index is 1.30. The predicted octanol–water partition coefficient (Wildman–Crippen LogP) is 4.67. The molecule has 3 atom stereocenters. The van der Waals surface area contributed by atoms with Crippen LogP contribution in [0, 0.1) is 0 Å². The Morgan fingerprint density at radius 2 is 1.84 bits per heavy atom. The molecule has 1 aliphatic heterocycles. The number of hydrogen-bond acceptors (Lipinski definition) is 8. The normalized spacial score (nSPS) is 23.7. The summed E-state index contributed by atoms with van der Waals surface area (Å²) in [5.41, 5.74) is 2.10. The monoisotopic (exact) mass is 522 g/mol. The van der Waals surface area contributed by atoms with Gasteiger partial charge in [0.05, 0.1) is 6.04 Å². The average Bonchev–Trinajstić information content (AvgIpc) is 3.21. The standard InChI is InChI=1S/C29H38N4O5/c1-19(34)36-25-15-23(14-24(25)32-13-12-20-8-5-6-9-21(20)17-32)37-27-16-26(30-18-31-27)33(22-10-7-11-22)28(35)38-29(2,3)4/h5-6,8-9,16,18,22-25H,7,10-15,17H2,1-4H3/t23-,24?,25+/m1/s1. The van der Waals surface area contributed by atoms with E-state index >= 15 is 0 Å². The lowest BCUT2D eigenvalue weighted by Gasteiger charge is -2.37. The van der Waals surface area contributed by atoms with E-state index in [1.165, 1.54) is 24.4 Å². The van der Waals surface area contributed by atoms with Crippen molar-refractivity contribution in [2.24, 2.45) is 0 Å². The Morgan fingerprint density at radius 1 is 1.08 bits per heavy atom. The number of benzene rings is 1. The van der Waals surface area contributed by atoms with Crippen molar-refractivity contribution in [2.75, 3.05) is 11.4 Å². The number of aromatic nitrogens is 2. The summed E-state index contributed by atoms with van der Waals surface area (Å²) in [7, 11) is 0. The molecular weight excluding hydrogens is 484 g/mol. The Labute approximate surface area is 224 Å². The van der Waals surface area contributed by atoms with Gasteiger partial charge in [-0.15, -0.1) is 0 Å². The van der Waals surface area contributed by atoms with Crippen molar-refractivity contribution in [3.63, 3.8) is 0 Å². The van der Waals surface area contributed by atoms with Gasteiger partial charge >= 0.3 is 12.1 Å². The summed E-state index contributed by atoms with van der Waals surface area (Å²) >= 11 is 0. The Hall–Kier alpha value is -3.20. The second-order valence-corrected chi connectivity index (χ2v) is 11.6. The highest BCUT2D eigenvalue weighted by atomic mass is 16.6. The number of carbonyl (C=O) groups excluding carboxylic acids is 2. The molecule has 2 heterocycles. The summed E-state index contributed by atoms with van der Waals surface area (Å²) in [6.07, 6.45) is 5.76. The summed E-state index contributed by atoms with van der Waals surface area (Å²) in [5.74, 6) is 0.600. The van der Waals surface area contributed by atoms with Crippen molar-refractivity contribution in [1.29, 1.82) is 0 Å². The molecule has 2 aromatic rings. The molecule has 1 aromatic carbocycles. The highest BCUT2D eigenvalue weighted by molar-refractivity contribution is 5.87. The minimum atomic E-state index is -0.606. The van der Waals surface area contributed by atoms with Crippen LogP contribution in [0.25, 0.3) is 0 Å². The van der Waals surface area contributed by atoms with Crippen LogP contribution < -0.4 is 9.64 Å². The van der Waals surface area contributed by atoms with Crippen LogP contribution in [0.15, 0.2) is 36.7 Å². The predicted molar refractivity (Wildman–Crippen MR) is 142 cm³/mol. The van der Waals surface area contributed by atoms with E-state index in [0.717, 1.165) is 45.2 Å². The SMILES string of the molecule is CC(=O)O[C@H]1C[C@H](Oc2cc(N(C(=O)OC(C)(C)C)C3CCC3)ncn2)CC1N1CCc2ccccc2C1. The number of hydrogen-bond donors (Lipinski definition) is 0. The third-order valence-electron chi connectivity index (χ3n) is 7.57. The highest BCUT2D eigenvalue weighted by Crippen LogP contribution is 2.35. The number of carbonyl (C=O) groups is 2. The maximum atomic E-state index is 13.0. The molecule has 2 aliphatic carbocycles. The fraction of sp³-hybridized carbons (Fsp3) is 0.586. The number of nitrogens with zero attached hydrogens (tertiary/aromatic N) is 4. The van der Waals surface area contributed by atoms with Crippen molar-refractivity contribution in [1.82, 2.24) is 14.9 Å². The number of fused-ring (bicyclic) bond motifs is 1. The zero-order valence-electron chi connectivity index (χ0n) is 22.8. The fourth-order valence-electron chi connectivity index (χ4n) is 5.64. The summed E-state index contributed by atoms with van der Waals surface area (Å²) in [6, 6.07) is 10.3. The Morgan fingerprint density at radius 3 is 2.53 bits per heavy atom. The molecular formula is C29H38N4O5. The molecule has 9 heteroatoms. The number of rotatable bonds is 6. The fourth-order valence-corrected chi connectivity index (χ4v) is 5.64. The number of esters is 1. The van der Waals surface area contributed by atoms with Crippen LogP contribution >= 0.6 is 0 Å². The smallest absolute Gasteiger partial charge is 0.416 e. The van der Waals surface area contributed by atoms with Gasteiger partial charge in [-0.2, -0.15) is 0 Å². The molecule has 0 bridgehead atoms. The van der Waals surface area contributed by atoms with Gasteiger partial charge in [-0.25, -0.2) is 14.8 Å². The number of anilines is 1. The second-order valence-electron chi connectivity index (χ2n) is 11.6. The lowest BCUT2D eigenvalue weighted by Crippen LogP contribution is -2.47. The first-order valence-electron chi connectivity index (χ1n) is 13.7. The van der Waals surface area contributed by atoms with Gasteiger partial charge < -0.3 is 14.2 Å². The van der Waals surface area contributed by atoms with E-state index in [9.17, 15) is 9.59 Å². The van der Waals surface area contributed by atoms with Gasteiger partial charge in [-0.05, 0) is 57.6 Å². The highest BCUT2D eigenvalue weighted by Gasteiger charge is 2.42. The largest absolute Gasteiger partial charge is 0.474 e. The van der Waals surface area contributed by atoms with Gasteiger partial charge in [0.1, 0.15) is 30.0 Å². The number of ether oxygens (including phenoxy) is 3. The van der Waals surface area contributed by atoms with Gasteiger partial charge in [0.15, 0.2) is 0 Å². The molecule has 1 aromatic heterocycles. The molecule has 9 nitrogen and oxygen atoms in total. The van der Waals surface area contributed by atoms with E-state index in [1.54, 1.807) is 11.0 Å². The first-order valence-corrected chi connectivity index (χ1v) is 13.7. The van der Waals surface area contributed by atoms with Crippen LogP contribution in [0.5, 0.6) is 5.88 Å². The maximum absolute atomic E-state index is 13.0. The molecule has 0 saturated heterocycles. The van der Waals surface area contributed by atoms with Gasteiger partial charge in [-0.1, -0.05) is 24.3 Å². The van der Waals surface area contributed by atoms with Crippen molar-refractivity contribution < 1.29 is 23.8 Å². The first kappa shape index (κ1) is 26.4. The molecule has 204 valence electrons. The van der Waals surface area contributed by atoms with Gasteiger partial charge in [0.25, 0.3) is 0 Å². The summed E-state index contributed by atoms with van der Waals surface area (Å²) in [6.45, 7) is 8.77. The summed E-state index contributed by atoms with van der Waals surface area (Å²) in [5, 5.41) is 0. The van der Waals surface area contributed by atoms with Gasteiger partial charge in [0.2, 0.25) is 5.88 Å². The molecule has 2 saturated carbocycles. The van der Waals surface area contributed by atoms with Crippen LogP contribution in [-0.2, 0) is 27.2 Å². The third-order valence-corrected chi connectivity index (χ3v) is 7.57. The summed E-state index contributed by atoms with van der Waals surface area (Å²) in [4.78, 5) is 37.7. The van der Waals surface area contributed by atoms with Crippen molar-refractivity contribution in [3.05, 3.63) is 47.8 Å². The Kier molecular flexibility index (Phi) is 7.56. The number of amides is 1. The topological polar surface area (TPSA) is 94.1 Å². The molecule has 0 radical (unpaired) electrons. The van der Waals surface area contributed by atoms with Crippen LogP contribution in [0.4, 0.5) is 10.6 Å². The van der Waals surface area contributed by atoms with E-state index in [2.05, 4.69) is 39.1 Å². The molecule has 1 unspecified atom stereocenters. The lowest BCUT2D eigenvalue weighted by atomic mass is 9.92. The average molecular weight is 523 g/mol. The molecule has 38 heavy (non-hydrogen) atoms. The molecule has 3 aliphatic rings. The molecule has 0 N–H and O–H groups in total. The van der Waals surface area contributed by atoms with E-state index in [0.29, 0.717) is 18.1 Å². The van der Waals surface area contributed by atoms with E-state index in [4.69, 9.17) is 14.2 Å². The van der Waals surface area contributed by atoms with Gasteiger partial charge in [0, 0.05) is 45.0 Å². The third kappa shape index (κ3) is 6.09. The maximum Gasteiger partial charge on any atom is 0.416 e. The van der Waals surface area contributed by atoms with Crippen LogP contribution in [0.1, 0.15) is 70.9 Å². The Bertz CT molecular complexity index is 1160. The minimum Gasteiger partial charge on any atom is -0.474 e. The van der Waals surface area contributed by atoms with Crippen LogP contribution in [0.3, 0.4) is 0 Å². The van der Waals surface area contributed by atoms with E-state index < -0.39 is 11.7 Å². The quantitative estimate of drug-likeness (QED) is 0.505. The minimum absolute atomic E-state index is 0.0544. The lowest BCUT2D eigenvalue weighted by molar-refractivity contribution is -0.149. The van der Waals surface area contributed by atoms with Crippen molar-refractivity contribution >= 4 is 17.9 Å². The molecule has 2 fully saturated rings. The van der Waals surface area contributed by atoms with Crippen LogP contribution in [0.2, 0.25) is 0 Å². The second kappa shape index (κ2) is 10.9. The molecule has 0 spiro atoms. The summed E-state index contributed by atoms with van der Waals surface area (Å²) < 4.78 is 17.8. The van der Waals surface area contributed by atoms with E-state index in [-0.39, 0.29) is 30.3 Å². The van der Waals surface area contributed by atoms with Gasteiger partial charge in [-0.3, -0.25) is 14.6 Å². The zero-order valence-corrected chi connectivity index (χ0v) is 22.8.